The van der Waals surface area contributed by atoms with Gasteiger partial charge in [0.25, 0.3) is 5.91 Å². The molecule has 0 fully saturated rings. The summed E-state index contributed by atoms with van der Waals surface area (Å²) < 4.78 is 18.4. The second-order valence-electron chi connectivity index (χ2n) is 6.56. The van der Waals surface area contributed by atoms with Crippen LogP contribution in [0.25, 0.3) is 10.6 Å². The highest BCUT2D eigenvalue weighted by atomic mass is 32.1. The van der Waals surface area contributed by atoms with E-state index in [1.165, 1.54) is 34.8 Å². The fraction of sp³-hybridized carbons (Fsp3) is 0.136. The van der Waals surface area contributed by atoms with Gasteiger partial charge in [-0.2, -0.15) is 11.3 Å². The Morgan fingerprint density at radius 2 is 1.90 bits per heavy atom. The molecule has 3 aromatic heterocycles. The lowest BCUT2D eigenvalue weighted by atomic mass is 10.1. The molecule has 3 heterocycles. The number of carbonyl (C=O) groups is 2. The number of aromatic nitrogens is 1. The zero-order valence-corrected chi connectivity index (χ0v) is 18.6. The average molecular weight is 473 g/mol. The van der Waals surface area contributed by atoms with E-state index >= 15 is 0 Å². The maximum absolute atomic E-state index is 13.3. The number of hydrogen-bond acceptors (Lipinski definition) is 7. The molecule has 1 N–H and O–H groups in total. The predicted octanol–water partition coefficient (Wildman–Crippen LogP) is 5.06. The lowest BCUT2D eigenvalue weighted by Crippen LogP contribution is -2.33. The lowest BCUT2D eigenvalue weighted by molar-refractivity contribution is -0.148. The van der Waals surface area contributed by atoms with Crippen LogP contribution in [0.3, 0.4) is 0 Å². The average Bonchev–Trinajstić information content (AvgIpc) is 3.54. The topological polar surface area (TPSA) is 68.3 Å². The van der Waals surface area contributed by atoms with Gasteiger partial charge in [-0.3, -0.25) is 9.59 Å². The normalized spacial score (nSPS) is 11.8. The Labute approximate surface area is 190 Å². The molecule has 1 unspecified atom stereocenters. The van der Waals surface area contributed by atoms with Crippen LogP contribution in [0.1, 0.15) is 22.2 Å². The molecule has 1 atom stereocenters. The molecule has 158 valence electrons. The van der Waals surface area contributed by atoms with E-state index in [9.17, 15) is 14.0 Å². The number of hydrogen-bond donors (Lipinski definition) is 1. The molecule has 4 aromatic rings. The monoisotopic (exact) mass is 472 g/mol. The Morgan fingerprint density at radius 3 is 2.61 bits per heavy atom. The second-order valence-corrected chi connectivity index (χ2v) is 9.18. The summed E-state index contributed by atoms with van der Waals surface area (Å²) in [5.74, 6) is -1.31. The number of thiazole rings is 1. The fourth-order valence-corrected chi connectivity index (χ4v) is 5.22. The van der Waals surface area contributed by atoms with Gasteiger partial charge in [0.1, 0.15) is 10.8 Å². The SMILES string of the molecule is O=C(COC(=O)Cc1csc(-c2ccsc2)n1)NC(c1ccc(F)cc1)c1cccs1. The second kappa shape index (κ2) is 9.95. The zero-order valence-electron chi connectivity index (χ0n) is 16.1. The number of ether oxygens (including phenoxy) is 1. The highest BCUT2D eigenvalue weighted by Crippen LogP contribution is 2.27. The highest BCUT2D eigenvalue weighted by Gasteiger charge is 2.19. The van der Waals surface area contributed by atoms with E-state index in [1.54, 1.807) is 23.5 Å². The fourth-order valence-electron chi connectivity index (χ4n) is 2.88. The lowest BCUT2D eigenvalue weighted by Gasteiger charge is -2.18. The smallest absolute Gasteiger partial charge is 0.312 e. The van der Waals surface area contributed by atoms with Gasteiger partial charge in [-0.1, -0.05) is 18.2 Å². The first-order chi connectivity index (χ1) is 15.1. The van der Waals surface area contributed by atoms with Crippen molar-refractivity contribution in [2.24, 2.45) is 0 Å². The van der Waals surface area contributed by atoms with E-state index < -0.39 is 24.5 Å². The Morgan fingerprint density at radius 1 is 1.06 bits per heavy atom. The van der Waals surface area contributed by atoms with E-state index in [0.29, 0.717) is 5.69 Å². The van der Waals surface area contributed by atoms with E-state index in [-0.39, 0.29) is 12.2 Å². The predicted molar refractivity (Wildman–Crippen MR) is 121 cm³/mol. The molecule has 0 saturated carbocycles. The van der Waals surface area contributed by atoms with Gasteiger partial charge >= 0.3 is 5.97 Å². The summed E-state index contributed by atoms with van der Waals surface area (Å²) in [6, 6.07) is 11.2. The number of nitrogens with one attached hydrogen (secondary N) is 1. The first-order valence-corrected chi connectivity index (χ1v) is 12.0. The van der Waals surface area contributed by atoms with Crippen LogP contribution in [0.5, 0.6) is 0 Å². The number of nitrogens with zero attached hydrogens (tertiary/aromatic N) is 1. The zero-order chi connectivity index (χ0) is 21.6. The molecule has 0 spiro atoms. The molecule has 0 aliphatic rings. The quantitative estimate of drug-likeness (QED) is 0.364. The van der Waals surface area contributed by atoms with Crippen LogP contribution in [0, 0.1) is 5.82 Å². The van der Waals surface area contributed by atoms with Gasteiger partial charge in [-0.05, 0) is 40.6 Å². The maximum atomic E-state index is 13.3. The standard InChI is InChI=1S/C22H17FN2O3S3/c23-16-5-3-14(4-6-16)21(18-2-1-8-30-18)25-19(26)11-28-20(27)10-17-13-31-22(24-17)15-7-9-29-12-15/h1-9,12-13,21H,10-11H2,(H,25,26). The minimum Gasteiger partial charge on any atom is -0.455 e. The Kier molecular flexibility index (Phi) is 6.86. The van der Waals surface area contributed by atoms with Crippen molar-refractivity contribution >= 4 is 45.9 Å². The summed E-state index contributed by atoms with van der Waals surface area (Å²) in [5.41, 5.74) is 2.38. The van der Waals surface area contributed by atoms with Crippen LogP contribution in [0.2, 0.25) is 0 Å². The third-order valence-corrected chi connectivity index (χ3v) is 6.91. The first-order valence-electron chi connectivity index (χ1n) is 9.29. The van der Waals surface area contributed by atoms with Crippen LogP contribution in [-0.2, 0) is 20.7 Å². The molecule has 0 bridgehead atoms. The molecule has 0 aliphatic heterocycles. The molecule has 4 rings (SSSR count). The van der Waals surface area contributed by atoms with Crippen molar-refractivity contribution < 1.29 is 18.7 Å². The van der Waals surface area contributed by atoms with E-state index in [0.717, 1.165) is 21.0 Å². The highest BCUT2D eigenvalue weighted by molar-refractivity contribution is 7.14. The molecule has 31 heavy (non-hydrogen) atoms. The van der Waals surface area contributed by atoms with Gasteiger partial charge in [0.15, 0.2) is 6.61 Å². The first kappa shape index (κ1) is 21.4. The van der Waals surface area contributed by atoms with Gasteiger partial charge < -0.3 is 10.1 Å². The number of halogens is 1. The molecule has 0 radical (unpaired) electrons. The number of carbonyl (C=O) groups excluding carboxylic acids is 2. The molecular formula is C22H17FN2O3S3. The largest absolute Gasteiger partial charge is 0.455 e. The van der Waals surface area contributed by atoms with E-state index in [4.69, 9.17) is 4.74 Å². The van der Waals surface area contributed by atoms with Crippen molar-refractivity contribution in [1.29, 1.82) is 0 Å². The molecule has 0 saturated heterocycles. The summed E-state index contributed by atoms with van der Waals surface area (Å²) in [4.78, 5) is 29.9. The Bertz CT molecular complexity index is 1140. The third kappa shape index (κ3) is 5.63. The van der Waals surface area contributed by atoms with Crippen LogP contribution in [0.4, 0.5) is 4.39 Å². The van der Waals surface area contributed by atoms with E-state index in [1.807, 2.05) is 39.7 Å². The van der Waals surface area contributed by atoms with Crippen molar-refractivity contribution in [2.45, 2.75) is 12.5 Å². The van der Waals surface area contributed by atoms with Crippen LogP contribution < -0.4 is 5.32 Å². The number of thiophene rings is 2. The molecular weight excluding hydrogens is 455 g/mol. The van der Waals surface area contributed by atoms with Crippen molar-refractivity contribution in [3.8, 4) is 10.6 Å². The summed E-state index contributed by atoms with van der Waals surface area (Å²) in [6.07, 6.45) is 0.000231. The molecule has 5 nitrogen and oxygen atoms in total. The molecule has 1 aromatic carbocycles. The van der Waals surface area contributed by atoms with Crippen molar-refractivity contribution in [2.75, 3.05) is 6.61 Å². The van der Waals surface area contributed by atoms with Crippen LogP contribution >= 0.6 is 34.0 Å². The van der Waals surface area contributed by atoms with Crippen LogP contribution in [0.15, 0.2) is 64.0 Å². The molecule has 0 aliphatic carbocycles. The summed E-state index contributed by atoms with van der Waals surface area (Å²) in [5, 5.41) is 11.4. The summed E-state index contributed by atoms with van der Waals surface area (Å²) in [6.45, 7) is -0.399. The van der Waals surface area contributed by atoms with Gasteiger partial charge in [0.2, 0.25) is 0 Å². The van der Waals surface area contributed by atoms with E-state index in [2.05, 4.69) is 10.3 Å². The molecule has 1 amide bonds. The van der Waals surface area contributed by atoms with Gasteiger partial charge in [-0.25, -0.2) is 9.37 Å². The van der Waals surface area contributed by atoms with Gasteiger partial charge in [-0.15, -0.1) is 22.7 Å². The number of amides is 1. The van der Waals surface area contributed by atoms with Gasteiger partial charge in [0, 0.05) is 21.2 Å². The minimum atomic E-state index is -0.522. The van der Waals surface area contributed by atoms with Gasteiger partial charge in [0.05, 0.1) is 18.2 Å². The third-order valence-electron chi connectivity index (χ3n) is 4.35. The number of esters is 1. The number of rotatable bonds is 8. The molecule has 9 heteroatoms. The number of benzene rings is 1. The maximum Gasteiger partial charge on any atom is 0.312 e. The van der Waals surface area contributed by atoms with Crippen LogP contribution in [-0.4, -0.2) is 23.5 Å². The summed E-state index contributed by atoms with van der Waals surface area (Å²) in [7, 11) is 0. The van der Waals surface area contributed by atoms with Crippen molar-refractivity contribution in [3.05, 3.63) is 85.9 Å². The Balaban J connectivity index is 1.33. The summed E-state index contributed by atoms with van der Waals surface area (Å²) >= 11 is 4.52. The van der Waals surface area contributed by atoms with Crippen molar-refractivity contribution in [3.63, 3.8) is 0 Å². The Hall–Kier alpha value is -2.88. The van der Waals surface area contributed by atoms with Crippen molar-refractivity contribution in [1.82, 2.24) is 10.3 Å². The minimum absolute atomic E-state index is 0.000231.